The van der Waals surface area contributed by atoms with Gasteiger partial charge < -0.3 is 0 Å². The zero-order chi connectivity index (χ0) is 11.5. The molecule has 0 saturated heterocycles. The third kappa shape index (κ3) is 2.57. The summed E-state index contributed by atoms with van der Waals surface area (Å²) in [5, 5.41) is 15.7. The zero-order valence-electron chi connectivity index (χ0n) is 9.33. The molecule has 3 nitrogen and oxygen atoms in total. The summed E-state index contributed by atoms with van der Waals surface area (Å²) >= 11 is 0. The van der Waals surface area contributed by atoms with Gasteiger partial charge in [-0.05, 0) is 38.0 Å². The van der Waals surface area contributed by atoms with Crippen LogP contribution in [0, 0.1) is 23.7 Å². The molecule has 1 aromatic rings. The number of nitrogens with zero attached hydrogens (tertiary/aromatic N) is 2. The number of hydrogen-bond donors (Lipinski definition) is 1. The average molecular weight is 201 g/mol. The number of hydrogen-bond acceptors (Lipinski definition) is 2. The van der Waals surface area contributed by atoms with E-state index in [2.05, 4.69) is 22.8 Å². The van der Waals surface area contributed by atoms with Gasteiger partial charge in [0.2, 0.25) is 0 Å². The molecule has 1 aromatic heterocycles. The second-order valence-corrected chi connectivity index (χ2v) is 4.06. The summed E-state index contributed by atoms with van der Waals surface area (Å²) in [4.78, 5) is 0. The van der Waals surface area contributed by atoms with Crippen LogP contribution >= 0.6 is 0 Å². The lowest BCUT2D eigenvalue weighted by Gasteiger charge is -2.14. The maximum atomic E-state index is 8.91. The minimum absolute atomic E-state index is 0.523. The molecule has 0 saturated carbocycles. The van der Waals surface area contributed by atoms with Gasteiger partial charge in [0.1, 0.15) is 0 Å². The number of H-pyrrole nitrogens is 1. The number of nitrogens with one attached hydrogen (secondary N) is 1. The number of aromatic nitrogens is 2. The van der Waals surface area contributed by atoms with Crippen LogP contribution in [-0.2, 0) is 0 Å². The minimum atomic E-state index is -0.523. The van der Waals surface area contributed by atoms with E-state index in [1.807, 2.05) is 32.9 Å². The van der Waals surface area contributed by atoms with Crippen LogP contribution in [0.4, 0.5) is 0 Å². The van der Waals surface area contributed by atoms with Crippen LogP contribution in [0.5, 0.6) is 0 Å². The summed E-state index contributed by atoms with van der Waals surface area (Å²) < 4.78 is 0. The van der Waals surface area contributed by atoms with Crippen molar-refractivity contribution in [1.82, 2.24) is 10.2 Å². The molecule has 0 unspecified atom stereocenters. The van der Waals surface area contributed by atoms with Crippen LogP contribution < -0.4 is 0 Å². The molecule has 0 radical (unpaired) electrons. The van der Waals surface area contributed by atoms with Crippen molar-refractivity contribution in [3.63, 3.8) is 0 Å². The van der Waals surface area contributed by atoms with Crippen LogP contribution in [0.25, 0.3) is 6.08 Å². The molecule has 0 aromatic carbocycles. The third-order valence-corrected chi connectivity index (χ3v) is 2.40. The van der Waals surface area contributed by atoms with Gasteiger partial charge in [-0.1, -0.05) is 12.7 Å². The second-order valence-electron chi connectivity index (χ2n) is 4.06. The van der Waals surface area contributed by atoms with E-state index >= 15 is 0 Å². The molecule has 0 amide bonds. The molecule has 0 atom stereocenters. The largest absolute Gasteiger partial charge is 0.278 e. The molecule has 1 rings (SSSR count). The van der Waals surface area contributed by atoms with Gasteiger partial charge in [-0.3, -0.25) is 5.10 Å². The fourth-order valence-corrected chi connectivity index (χ4v) is 0.989. The third-order valence-electron chi connectivity index (χ3n) is 2.40. The number of allylic oxidation sites excluding steroid dienone is 2. The Morgan fingerprint density at radius 3 is 2.80 bits per heavy atom. The number of nitriles is 1. The highest BCUT2D eigenvalue weighted by Gasteiger charge is 2.18. The first kappa shape index (κ1) is 11.3. The molecule has 78 valence electrons. The number of rotatable bonds is 3. The lowest BCUT2D eigenvalue weighted by Crippen LogP contribution is -2.08. The molecule has 1 N–H and O–H groups in total. The molecule has 0 aliphatic carbocycles. The molecule has 0 fully saturated rings. The van der Waals surface area contributed by atoms with Crippen molar-refractivity contribution < 1.29 is 0 Å². The van der Waals surface area contributed by atoms with Crippen LogP contribution in [0.15, 0.2) is 24.4 Å². The zero-order valence-corrected chi connectivity index (χ0v) is 9.33. The molecular formula is C12H15N3. The smallest absolute Gasteiger partial charge is 0.0760 e. The quantitative estimate of drug-likeness (QED) is 0.764. The molecule has 1 heterocycles. The minimum Gasteiger partial charge on any atom is -0.278 e. The molecular weight excluding hydrogens is 186 g/mol. The fraction of sp³-hybridized carbons (Fsp3) is 0.333. The first-order valence-electron chi connectivity index (χ1n) is 4.76. The normalized spacial score (nSPS) is 11.6. The molecule has 0 spiro atoms. The highest BCUT2D eigenvalue weighted by molar-refractivity contribution is 5.53. The Bertz CT molecular complexity index is 430. The summed E-state index contributed by atoms with van der Waals surface area (Å²) in [6.07, 6.45) is 5.51. The topological polar surface area (TPSA) is 52.5 Å². The Kier molecular flexibility index (Phi) is 3.11. The highest BCUT2D eigenvalue weighted by atomic mass is 15.1. The van der Waals surface area contributed by atoms with Gasteiger partial charge >= 0.3 is 0 Å². The maximum Gasteiger partial charge on any atom is 0.0760 e. The first-order valence-corrected chi connectivity index (χ1v) is 4.76. The Labute approximate surface area is 90.1 Å². The summed E-state index contributed by atoms with van der Waals surface area (Å²) in [5.74, 6) is 0. The van der Waals surface area contributed by atoms with Crippen LogP contribution in [-0.4, -0.2) is 10.2 Å². The molecule has 0 aliphatic heterocycles. The van der Waals surface area contributed by atoms with Gasteiger partial charge in [-0.25, -0.2) is 0 Å². The lowest BCUT2D eigenvalue weighted by atomic mass is 9.86. The van der Waals surface area contributed by atoms with Gasteiger partial charge in [0, 0.05) is 0 Å². The summed E-state index contributed by atoms with van der Waals surface area (Å²) in [6.45, 7) is 9.55. The van der Waals surface area contributed by atoms with Gasteiger partial charge in [0.15, 0.2) is 0 Å². The van der Waals surface area contributed by atoms with Gasteiger partial charge in [-0.15, -0.1) is 0 Å². The lowest BCUT2D eigenvalue weighted by molar-refractivity contribution is 0.615. The molecule has 3 heteroatoms. The van der Waals surface area contributed by atoms with Crippen LogP contribution in [0.1, 0.15) is 25.1 Å². The molecule has 0 bridgehead atoms. The van der Waals surface area contributed by atoms with E-state index < -0.39 is 5.41 Å². The van der Waals surface area contributed by atoms with Crippen LogP contribution in [0.3, 0.4) is 0 Å². The fourth-order valence-electron chi connectivity index (χ4n) is 0.989. The summed E-state index contributed by atoms with van der Waals surface area (Å²) in [6, 6.07) is 2.21. The van der Waals surface area contributed by atoms with Crippen molar-refractivity contribution in [1.29, 1.82) is 5.26 Å². The van der Waals surface area contributed by atoms with E-state index in [9.17, 15) is 0 Å². The van der Waals surface area contributed by atoms with Crippen LogP contribution in [0.2, 0.25) is 0 Å². The van der Waals surface area contributed by atoms with E-state index in [1.54, 1.807) is 6.20 Å². The van der Waals surface area contributed by atoms with E-state index in [0.717, 1.165) is 16.8 Å². The monoisotopic (exact) mass is 201 g/mol. The summed E-state index contributed by atoms with van der Waals surface area (Å²) in [5.41, 5.74) is 2.29. The molecule has 0 aliphatic rings. The number of aromatic amines is 1. The van der Waals surface area contributed by atoms with Crippen molar-refractivity contribution in [2.45, 2.75) is 20.8 Å². The summed E-state index contributed by atoms with van der Waals surface area (Å²) in [7, 11) is 0. The van der Waals surface area contributed by atoms with Gasteiger partial charge in [0.05, 0.1) is 23.4 Å². The first-order chi connectivity index (χ1) is 6.97. The SMILES string of the molecule is C=C(/C=C\c1[nH]ncc1C)C(C)(C)C#N. The number of aryl methyl sites for hydroxylation is 1. The predicted octanol–water partition coefficient (Wildman–Crippen LogP) is 2.84. The van der Waals surface area contributed by atoms with Crippen molar-refractivity contribution >= 4 is 6.08 Å². The predicted molar refractivity (Wildman–Crippen MR) is 60.9 cm³/mol. The standard InChI is InChI=1S/C12H15N3/c1-9-7-14-15-11(9)6-5-10(2)12(3,4)8-13/h5-7H,2H2,1,3-4H3,(H,14,15)/b6-5-. The van der Waals surface area contributed by atoms with Crippen molar-refractivity contribution in [2.75, 3.05) is 0 Å². The Morgan fingerprint density at radius 1 is 1.67 bits per heavy atom. The van der Waals surface area contributed by atoms with E-state index in [1.165, 1.54) is 0 Å². The Morgan fingerprint density at radius 2 is 2.33 bits per heavy atom. The maximum absolute atomic E-state index is 8.91. The van der Waals surface area contributed by atoms with Gasteiger partial charge in [0.25, 0.3) is 0 Å². The molecule has 15 heavy (non-hydrogen) atoms. The Hall–Kier alpha value is -1.82. The van der Waals surface area contributed by atoms with Gasteiger partial charge in [-0.2, -0.15) is 10.4 Å². The second kappa shape index (κ2) is 4.14. The Balaban J connectivity index is 2.81. The van der Waals surface area contributed by atoms with E-state index in [-0.39, 0.29) is 0 Å². The average Bonchev–Trinajstić information content (AvgIpc) is 2.60. The van der Waals surface area contributed by atoms with E-state index in [4.69, 9.17) is 5.26 Å². The van der Waals surface area contributed by atoms with Crippen molar-refractivity contribution in [3.05, 3.63) is 35.7 Å². The highest BCUT2D eigenvalue weighted by Crippen LogP contribution is 2.25. The van der Waals surface area contributed by atoms with E-state index in [0.29, 0.717) is 0 Å². The van der Waals surface area contributed by atoms with Crippen molar-refractivity contribution in [2.24, 2.45) is 5.41 Å². The van der Waals surface area contributed by atoms with Crippen molar-refractivity contribution in [3.8, 4) is 6.07 Å².